The summed E-state index contributed by atoms with van der Waals surface area (Å²) in [6.07, 6.45) is 3.92. The Hall–Kier alpha value is -0.0800. The van der Waals surface area contributed by atoms with Crippen molar-refractivity contribution < 1.29 is 5.11 Å². The molecule has 2 atom stereocenters. The Balaban J connectivity index is 2.49. The second kappa shape index (κ2) is 4.63. The van der Waals surface area contributed by atoms with Crippen LogP contribution in [-0.4, -0.2) is 34.7 Å². The van der Waals surface area contributed by atoms with Crippen molar-refractivity contribution in [2.75, 3.05) is 13.1 Å². The van der Waals surface area contributed by atoms with Gasteiger partial charge in [-0.25, -0.2) is 0 Å². The van der Waals surface area contributed by atoms with E-state index >= 15 is 0 Å². The Morgan fingerprint density at radius 1 is 1.43 bits per heavy atom. The van der Waals surface area contributed by atoms with Gasteiger partial charge < -0.3 is 5.11 Å². The maximum absolute atomic E-state index is 10.2. The molecule has 2 heteroatoms. The minimum Gasteiger partial charge on any atom is -0.389 e. The monoisotopic (exact) mass is 199 g/mol. The highest BCUT2D eigenvalue weighted by Gasteiger charge is 2.30. The number of piperidine rings is 1. The maximum atomic E-state index is 10.2. The number of hydrogen-bond donors (Lipinski definition) is 1. The van der Waals surface area contributed by atoms with E-state index in [2.05, 4.69) is 25.7 Å². The van der Waals surface area contributed by atoms with E-state index in [1.807, 2.05) is 6.92 Å². The van der Waals surface area contributed by atoms with Crippen molar-refractivity contribution in [2.45, 2.75) is 58.6 Å². The summed E-state index contributed by atoms with van der Waals surface area (Å²) in [6.45, 7) is 10.4. The summed E-state index contributed by atoms with van der Waals surface area (Å²) in [5, 5.41) is 10.2. The van der Waals surface area contributed by atoms with Gasteiger partial charge in [0, 0.05) is 12.6 Å². The van der Waals surface area contributed by atoms with E-state index in [9.17, 15) is 5.11 Å². The molecule has 0 saturated carbocycles. The van der Waals surface area contributed by atoms with Crippen molar-refractivity contribution in [2.24, 2.45) is 5.92 Å². The van der Waals surface area contributed by atoms with Crippen LogP contribution in [0.1, 0.15) is 47.0 Å². The molecule has 0 bridgehead atoms. The van der Waals surface area contributed by atoms with Crippen molar-refractivity contribution in [3.8, 4) is 0 Å². The molecule has 84 valence electrons. The summed E-state index contributed by atoms with van der Waals surface area (Å²) < 4.78 is 0. The molecule has 2 nitrogen and oxygen atoms in total. The topological polar surface area (TPSA) is 23.5 Å². The van der Waals surface area contributed by atoms with Crippen LogP contribution in [0.3, 0.4) is 0 Å². The maximum Gasteiger partial charge on any atom is 0.0768 e. The van der Waals surface area contributed by atoms with E-state index < -0.39 is 5.60 Å². The number of hydrogen-bond acceptors (Lipinski definition) is 2. The molecule has 1 aliphatic rings. The highest BCUT2D eigenvalue weighted by Crippen LogP contribution is 2.23. The summed E-state index contributed by atoms with van der Waals surface area (Å²) in [4.78, 5) is 2.43. The van der Waals surface area contributed by atoms with Crippen molar-refractivity contribution >= 4 is 0 Å². The highest BCUT2D eigenvalue weighted by molar-refractivity contribution is 4.84. The normalized spacial score (nSPS) is 29.1. The fraction of sp³-hybridized carbons (Fsp3) is 1.00. The summed E-state index contributed by atoms with van der Waals surface area (Å²) >= 11 is 0. The number of likely N-dealkylation sites (tertiary alicyclic amines) is 1. The van der Waals surface area contributed by atoms with Gasteiger partial charge in [-0.3, -0.25) is 4.90 Å². The molecule has 1 aliphatic heterocycles. The first-order valence-electron chi connectivity index (χ1n) is 5.90. The molecule has 1 fully saturated rings. The van der Waals surface area contributed by atoms with Crippen LogP contribution in [0.2, 0.25) is 0 Å². The smallest absolute Gasteiger partial charge is 0.0768 e. The number of rotatable bonds is 3. The Bertz CT molecular complexity index is 177. The van der Waals surface area contributed by atoms with Gasteiger partial charge in [0.1, 0.15) is 0 Å². The van der Waals surface area contributed by atoms with Gasteiger partial charge in [0.15, 0.2) is 0 Å². The van der Waals surface area contributed by atoms with Crippen LogP contribution in [0.4, 0.5) is 0 Å². The lowest BCUT2D eigenvalue weighted by Crippen LogP contribution is -2.49. The largest absolute Gasteiger partial charge is 0.389 e. The molecule has 0 aromatic carbocycles. The molecule has 1 N–H and O–H groups in total. The highest BCUT2D eigenvalue weighted by atomic mass is 16.3. The molecular weight excluding hydrogens is 174 g/mol. The summed E-state index contributed by atoms with van der Waals surface area (Å²) in [5.74, 6) is 0.330. The standard InChI is InChI=1S/C12H25NO/c1-10(2)12(4,14)9-13-8-6-5-7-11(13)3/h10-11,14H,5-9H2,1-4H3. The Morgan fingerprint density at radius 3 is 2.57 bits per heavy atom. The lowest BCUT2D eigenvalue weighted by molar-refractivity contribution is -0.0335. The first-order chi connectivity index (χ1) is 6.43. The van der Waals surface area contributed by atoms with E-state index in [4.69, 9.17) is 0 Å². The lowest BCUT2D eigenvalue weighted by Gasteiger charge is -2.40. The van der Waals surface area contributed by atoms with Gasteiger partial charge in [0.05, 0.1) is 5.60 Å². The van der Waals surface area contributed by atoms with Crippen LogP contribution in [0.25, 0.3) is 0 Å². The van der Waals surface area contributed by atoms with Crippen molar-refractivity contribution in [3.05, 3.63) is 0 Å². The predicted molar refractivity (Wildman–Crippen MR) is 60.3 cm³/mol. The Labute approximate surface area is 88.3 Å². The summed E-state index contributed by atoms with van der Waals surface area (Å²) in [5.41, 5.74) is -0.536. The molecule has 1 rings (SSSR count). The molecule has 14 heavy (non-hydrogen) atoms. The minimum absolute atomic E-state index is 0.330. The number of aliphatic hydroxyl groups is 1. The van der Waals surface area contributed by atoms with Gasteiger partial charge in [-0.1, -0.05) is 20.3 Å². The van der Waals surface area contributed by atoms with Crippen LogP contribution in [0.15, 0.2) is 0 Å². The quantitative estimate of drug-likeness (QED) is 0.753. The molecule has 1 heterocycles. The fourth-order valence-corrected chi connectivity index (χ4v) is 1.99. The first kappa shape index (κ1) is 12.0. The van der Waals surface area contributed by atoms with E-state index in [1.54, 1.807) is 0 Å². The Morgan fingerprint density at radius 2 is 2.07 bits per heavy atom. The van der Waals surface area contributed by atoms with Gasteiger partial charge in [-0.2, -0.15) is 0 Å². The molecule has 1 saturated heterocycles. The molecule has 0 aliphatic carbocycles. The SMILES string of the molecule is CC1CCCCN1CC(C)(O)C(C)C. The zero-order valence-corrected chi connectivity index (χ0v) is 10.1. The van der Waals surface area contributed by atoms with Crippen LogP contribution in [0.5, 0.6) is 0 Å². The van der Waals surface area contributed by atoms with Gasteiger partial charge in [-0.05, 0) is 39.2 Å². The average molecular weight is 199 g/mol. The van der Waals surface area contributed by atoms with E-state index in [1.165, 1.54) is 19.3 Å². The molecule has 2 unspecified atom stereocenters. The van der Waals surface area contributed by atoms with Crippen LogP contribution < -0.4 is 0 Å². The zero-order chi connectivity index (χ0) is 10.8. The van der Waals surface area contributed by atoms with Gasteiger partial charge in [0.2, 0.25) is 0 Å². The van der Waals surface area contributed by atoms with Crippen LogP contribution in [0, 0.1) is 5.92 Å². The number of nitrogens with zero attached hydrogens (tertiary/aromatic N) is 1. The van der Waals surface area contributed by atoms with E-state index in [-0.39, 0.29) is 0 Å². The van der Waals surface area contributed by atoms with Crippen molar-refractivity contribution in [3.63, 3.8) is 0 Å². The first-order valence-corrected chi connectivity index (χ1v) is 5.90. The third-order valence-corrected chi connectivity index (χ3v) is 3.71. The van der Waals surface area contributed by atoms with E-state index in [0.29, 0.717) is 12.0 Å². The second-order valence-electron chi connectivity index (χ2n) is 5.33. The number of β-amino-alcohol motifs (C(OH)–C–C–N with tert-alkyl or cyclic N) is 1. The van der Waals surface area contributed by atoms with Crippen LogP contribution in [-0.2, 0) is 0 Å². The third kappa shape index (κ3) is 2.96. The summed E-state index contributed by atoms with van der Waals surface area (Å²) in [6, 6.07) is 0.647. The summed E-state index contributed by atoms with van der Waals surface area (Å²) in [7, 11) is 0. The molecule has 0 amide bonds. The Kier molecular flexibility index (Phi) is 3.96. The molecule has 0 aromatic heterocycles. The molecular formula is C12H25NO. The van der Waals surface area contributed by atoms with Crippen LogP contribution >= 0.6 is 0 Å². The molecule has 0 aromatic rings. The predicted octanol–water partition coefficient (Wildman–Crippen LogP) is 2.27. The van der Waals surface area contributed by atoms with Gasteiger partial charge >= 0.3 is 0 Å². The van der Waals surface area contributed by atoms with Gasteiger partial charge in [-0.15, -0.1) is 0 Å². The zero-order valence-electron chi connectivity index (χ0n) is 10.1. The third-order valence-electron chi connectivity index (χ3n) is 3.71. The lowest BCUT2D eigenvalue weighted by atomic mass is 9.90. The van der Waals surface area contributed by atoms with Gasteiger partial charge in [0.25, 0.3) is 0 Å². The fourth-order valence-electron chi connectivity index (χ4n) is 1.99. The van der Waals surface area contributed by atoms with Crippen molar-refractivity contribution in [1.82, 2.24) is 4.90 Å². The average Bonchev–Trinajstić information content (AvgIpc) is 2.08. The molecule has 0 radical (unpaired) electrons. The second-order valence-corrected chi connectivity index (χ2v) is 5.33. The van der Waals surface area contributed by atoms with E-state index in [0.717, 1.165) is 13.1 Å². The van der Waals surface area contributed by atoms with Crippen molar-refractivity contribution in [1.29, 1.82) is 0 Å². The minimum atomic E-state index is -0.536. The molecule has 0 spiro atoms.